The maximum absolute atomic E-state index is 12.7. The molecule has 172 valence electrons. The van der Waals surface area contributed by atoms with Crippen LogP contribution in [0.25, 0.3) is 6.08 Å². The van der Waals surface area contributed by atoms with Crippen LogP contribution in [-0.4, -0.2) is 53.3 Å². The van der Waals surface area contributed by atoms with Crippen molar-refractivity contribution in [2.45, 2.75) is 13.3 Å². The molecule has 0 aliphatic carbocycles. The predicted molar refractivity (Wildman–Crippen MR) is 123 cm³/mol. The van der Waals surface area contributed by atoms with E-state index in [9.17, 15) is 19.2 Å². The summed E-state index contributed by atoms with van der Waals surface area (Å²) in [5, 5.41) is 11.0. The Hall–Kier alpha value is -3.79. The third-order valence-electron chi connectivity index (χ3n) is 4.57. The molecular formula is C23H22N2O7S. The van der Waals surface area contributed by atoms with Crippen molar-refractivity contribution in [2.24, 2.45) is 0 Å². The van der Waals surface area contributed by atoms with Crippen molar-refractivity contribution in [1.82, 2.24) is 4.90 Å². The quantitative estimate of drug-likeness (QED) is 0.534. The fourth-order valence-corrected chi connectivity index (χ4v) is 3.90. The van der Waals surface area contributed by atoms with Gasteiger partial charge in [0.2, 0.25) is 5.91 Å². The van der Waals surface area contributed by atoms with E-state index in [0.29, 0.717) is 11.3 Å². The molecule has 2 aromatic rings. The fourth-order valence-electron chi connectivity index (χ4n) is 3.04. The van der Waals surface area contributed by atoms with E-state index in [1.54, 1.807) is 18.2 Å². The lowest BCUT2D eigenvalue weighted by Gasteiger charge is -2.12. The Morgan fingerprint density at radius 3 is 2.64 bits per heavy atom. The van der Waals surface area contributed by atoms with Crippen LogP contribution in [0.4, 0.5) is 10.5 Å². The normalized spacial score (nSPS) is 14.5. The molecule has 0 bridgehead atoms. The number of carbonyl (C=O) groups is 4. The van der Waals surface area contributed by atoms with Crippen molar-refractivity contribution in [1.29, 1.82) is 0 Å². The first-order valence-corrected chi connectivity index (χ1v) is 10.7. The highest BCUT2D eigenvalue weighted by Crippen LogP contribution is 2.34. The van der Waals surface area contributed by atoms with Crippen molar-refractivity contribution >= 4 is 46.5 Å². The van der Waals surface area contributed by atoms with Gasteiger partial charge in [-0.15, -0.1) is 0 Å². The van der Waals surface area contributed by atoms with E-state index in [4.69, 9.17) is 14.6 Å². The number of carbonyl (C=O) groups excluding carboxylic acids is 3. The molecule has 2 aromatic carbocycles. The summed E-state index contributed by atoms with van der Waals surface area (Å²) in [7, 11) is 1.41. The number of amides is 3. The van der Waals surface area contributed by atoms with E-state index in [1.165, 1.54) is 19.3 Å². The summed E-state index contributed by atoms with van der Waals surface area (Å²) >= 11 is 0.783. The van der Waals surface area contributed by atoms with E-state index < -0.39 is 23.7 Å². The van der Waals surface area contributed by atoms with E-state index >= 15 is 0 Å². The molecule has 2 N–H and O–H groups in total. The van der Waals surface area contributed by atoms with Crippen molar-refractivity contribution in [3.8, 4) is 11.5 Å². The Morgan fingerprint density at radius 1 is 1.15 bits per heavy atom. The SMILES string of the molecule is COc1cc(/C=C2\SC(=O)N(CCC(=O)Nc3cccc(C)c3)C2=O)ccc1OCC(=O)O. The van der Waals surface area contributed by atoms with Gasteiger partial charge in [0.05, 0.1) is 12.0 Å². The summed E-state index contributed by atoms with van der Waals surface area (Å²) < 4.78 is 10.4. The summed E-state index contributed by atoms with van der Waals surface area (Å²) in [6.45, 7) is 1.35. The first-order valence-electron chi connectivity index (χ1n) is 9.91. The molecular weight excluding hydrogens is 448 g/mol. The standard InChI is InChI=1S/C23H22N2O7S/c1-14-4-3-5-16(10-14)24-20(26)8-9-25-22(29)19(33-23(25)30)12-15-6-7-17(18(11-15)31-2)32-13-21(27)28/h3-7,10-12H,8-9,13H2,1-2H3,(H,24,26)(H,27,28)/b19-12-. The number of aryl methyl sites for hydroxylation is 1. The Labute approximate surface area is 194 Å². The first kappa shape index (κ1) is 23.9. The maximum atomic E-state index is 12.7. The van der Waals surface area contributed by atoms with E-state index in [-0.39, 0.29) is 35.3 Å². The minimum Gasteiger partial charge on any atom is -0.493 e. The fraction of sp³-hybridized carbons (Fsp3) is 0.217. The lowest BCUT2D eigenvalue weighted by molar-refractivity contribution is -0.139. The molecule has 1 aliphatic rings. The van der Waals surface area contributed by atoms with Crippen LogP contribution in [0.2, 0.25) is 0 Å². The minimum atomic E-state index is -1.12. The second-order valence-corrected chi connectivity index (χ2v) is 8.09. The van der Waals surface area contributed by atoms with Gasteiger partial charge < -0.3 is 19.9 Å². The second kappa shape index (κ2) is 10.7. The van der Waals surface area contributed by atoms with Crippen molar-refractivity contribution < 1.29 is 33.8 Å². The number of imide groups is 1. The molecule has 0 atom stereocenters. The zero-order chi connectivity index (χ0) is 24.0. The average molecular weight is 471 g/mol. The average Bonchev–Trinajstić information content (AvgIpc) is 3.03. The molecule has 0 unspecified atom stereocenters. The first-order chi connectivity index (χ1) is 15.8. The summed E-state index contributed by atoms with van der Waals surface area (Å²) in [4.78, 5) is 49.2. The second-order valence-electron chi connectivity index (χ2n) is 7.09. The van der Waals surface area contributed by atoms with E-state index in [2.05, 4.69) is 5.32 Å². The monoisotopic (exact) mass is 470 g/mol. The number of carboxylic acid groups (broad SMARTS) is 1. The highest BCUT2D eigenvalue weighted by molar-refractivity contribution is 8.18. The minimum absolute atomic E-state index is 0.0251. The van der Waals surface area contributed by atoms with Crippen LogP contribution < -0.4 is 14.8 Å². The Kier molecular flexibility index (Phi) is 7.73. The number of hydrogen-bond acceptors (Lipinski definition) is 7. The number of nitrogens with zero attached hydrogens (tertiary/aromatic N) is 1. The number of rotatable bonds is 9. The third kappa shape index (κ3) is 6.36. The van der Waals surface area contributed by atoms with Gasteiger partial charge in [0.25, 0.3) is 11.1 Å². The topological polar surface area (TPSA) is 122 Å². The third-order valence-corrected chi connectivity index (χ3v) is 5.48. The summed E-state index contributed by atoms with van der Waals surface area (Å²) in [6.07, 6.45) is 1.50. The van der Waals surface area contributed by atoms with Crippen LogP contribution in [-0.2, 0) is 14.4 Å². The van der Waals surface area contributed by atoms with Gasteiger partial charge in [0.15, 0.2) is 18.1 Å². The number of methoxy groups -OCH3 is 1. The molecule has 0 radical (unpaired) electrons. The van der Waals surface area contributed by atoms with Gasteiger partial charge in [0, 0.05) is 18.7 Å². The van der Waals surface area contributed by atoms with Crippen LogP contribution in [0.3, 0.4) is 0 Å². The molecule has 3 rings (SSSR count). The van der Waals surface area contributed by atoms with E-state index in [0.717, 1.165) is 22.2 Å². The Morgan fingerprint density at radius 2 is 1.94 bits per heavy atom. The largest absolute Gasteiger partial charge is 0.493 e. The lowest BCUT2D eigenvalue weighted by Crippen LogP contribution is -2.31. The van der Waals surface area contributed by atoms with Crippen LogP contribution in [0.5, 0.6) is 11.5 Å². The number of hydrogen-bond donors (Lipinski definition) is 2. The molecule has 1 fully saturated rings. The van der Waals surface area contributed by atoms with Crippen LogP contribution in [0.15, 0.2) is 47.4 Å². The molecule has 0 aromatic heterocycles. The molecule has 1 saturated heterocycles. The molecule has 10 heteroatoms. The number of nitrogens with one attached hydrogen (secondary N) is 1. The molecule has 3 amide bonds. The van der Waals surface area contributed by atoms with Crippen molar-refractivity contribution in [3.63, 3.8) is 0 Å². The summed E-state index contributed by atoms with van der Waals surface area (Å²) in [5.41, 5.74) is 2.22. The number of ether oxygens (including phenoxy) is 2. The maximum Gasteiger partial charge on any atom is 0.341 e. The predicted octanol–water partition coefficient (Wildman–Crippen LogP) is 3.53. The number of carboxylic acids is 1. The Bertz CT molecular complexity index is 1130. The number of anilines is 1. The molecule has 9 nitrogen and oxygen atoms in total. The number of aliphatic carboxylic acids is 1. The van der Waals surface area contributed by atoms with Crippen LogP contribution in [0.1, 0.15) is 17.5 Å². The smallest absolute Gasteiger partial charge is 0.341 e. The van der Waals surface area contributed by atoms with Gasteiger partial charge in [0.1, 0.15) is 0 Å². The molecule has 0 spiro atoms. The number of benzene rings is 2. The van der Waals surface area contributed by atoms with Crippen LogP contribution >= 0.6 is 11.8 Å². The zero-order valence-electron chi connectivity index (χ0n) is 18.0. The van der Waals surface area contributed by atoms with Crippen LogP contribution in [0, 0.1) is 6.92 Å². The van der Waals surface area contributed by atoms with Gasteiger partial charge in [-0.2, -0.15) is 0 Å². The summed E-state index contributed by atoms with van der Waals surface area (Å²) in [6, 6.07) is 12.0. The summed E-state index contributed by atoms with van der Waals surface area (Å²) in [5.74, 6) is -1.38. The van der Waals surface area contributed by atoms with Crippen molar-refractivity contribution in [2.75, 3.05) is 25.6 Å². The highest BCUT2D eigenvalue weighted by Gasteiger charge is 2.35. The highest BCUT2D eigenvalue weighted by atomic mass is 32.2. The lowest BCUT2D eigenvalue weighted by atomic mass is 10.2. The van der Waals surface area contributed by atoms with Gasteiger partial charge >= 0.3 is 5.97 Å². The van der Waals surface area contributed by atoms with Crippen molar-refractivity contribution in [3.05, 3.63) is 58.5 Å². The zero-order valence-corrected chi connectivity index (χ0v) is 18.8. The molecule has 0 saturated carbocycles. The molecule has 33 heavy (non-hydrogen) atoms. The Balaban J connectivity index is 1.64. The van der Waals surface area contributed by atoms with Gasteiger partial charge in [-0.1, -0.05) is 18.2 Å². The van der Waals surface area contributed by atoms with Gasteiger partial charge in [-0.05, 0) is 60.2 Å². The van der Waals surface area contributed by atoms with Gasteiger partial charge in [-0.3, -0.25) is 19.3 Å². The van der Waals surface area contributed by atoms with E-state index in [1.807, 2.05) is 25.1 Å². The molecule has 1 heterocycles. The number of thioether (sulfide) groups is 1. The van der Waals surface area contributed by atoms with Gasteiger partial charge in [-0.25, -0.2) is 4.79 Å². The molecule has 1 aliphatic heterocycles.